The number of rotatable bonds is 7. The van der Waals surface area contributed by atoms with E-state index >= 15 is 0 Å². The molecule has 0 aromatic heterocycles. The summed E-state index contributed by atoms with van der Waals surface area (Å²) in [6.45, 7) is 30.9. The highest BCUT2D eigenvalue weighted by Gasteiger charge is 2.38. The molecule has 0 unspecified atom stereocenters. The molecule has 214 valence electrons. The van der Waals surface area contributed by atoms with Crippen molar-refractivity contribution in [1.82, 2.24) is 0 Å². The van der Waals surface area contributed by atoms with Gasteiger partial charge in [-0.25, -0.2) is 0 Å². The van der Waals surface area contributed by atoms with E-state index in [1.54, 1.807) is 0 Å². The summed E-state index contributed by atoms with van der Waals surface area (Å²) >= 11 is 0. The quantitative estimate of drug-likeness (QED) is 0.355. The third kappa shape index (κ3) is 6.60. The van der Waals surface area contributed by atoms with Crippen molar-refractivity contribution in [2.45, 2.75) is 156 Å². The van der Waals surface area contributed by atoms with E-state index in [1.165, 1.54) is 24.0 Å². The number of phenolic OH excluding ortho intramolecular Hbond substituents is 2. The summed E-state index contributed by atoms with van der Waals surface area (Å²) in [6, 6.07) is 9.17. The molecule has 0 fully saturated rings. The van der Waals surface area contributed by atoms with Crippen molar-refractivity contribution in [3.05, 3.63) is 57.6 Å². The van der Waals surface area contributed by atoms with Crippen molar-refractivity contribution in [2.75, 3.05) is 0 Å². The number of hydrogen-bond donors (Lipinski definition) is 2. The first-order valence-corrected chi connectivity index (χ1v) is 14.9. The third-order valence-electron chi connectivity index (χ3n) is 8.37. The van der Waals surface area contributed by atoms with Crippen LogP contribution in [-0.4, -0.2) is 10.2 Å². The van der Waals surface area contributed by atoms with Gasteiger partial charge in [0.25, 0.3) is 0 Å². The standard InChI is InChI=1S/C36H58O2/c1-15-17-18-19-36(16-2,24-20-26(32(3,4)5)30(37)27(21-24)33(6,7)8)25-22-28(34(9,10)11)31(38)29(23-25)35(12,13)14/h20-23,37-38H,15-19H2,1-14H3. The van der Waals surface area contributed by atoms with Crippen LogP contribution in [-0.2, 0) is 27.1 Å². The molecule has 0 atom stereocenters. The second kappa shape index (κ2) is 10.9. The Bertz CT molecular complexity index is 956. The molecule has 0 saturated carbocycles. The summed E-state index contributed by atoms with van der Waals surface area (Å²) in [5.41, 5.74) is 5.64. The Morgan fingerprint density at radius 3 is 1.00 bits per heavy atom. The lowest BCUT2D eigenvalue weighted by Gasteiger charge is -2.39. The minimum Gasteiger partial charge on any atom is -0.507 e. The van der Waals surface area contributed by atoms with Gasteiger partial charge in [0.05, 0.1) is 0 Å². The molecule has 2 heteroatoms. The van der Waals surface area contributed by atoms with Crippen molar-refractivity contribution in [2.24, 2.45) is 0 Å². The van der Waals surface area contributed by atoms with E-state index in [2.05, 4.69) is 121 Å². The molecule has 0 saturated heterocycles. The molecule has 0 amide bonds. The van der Waals surface area contributed by atoms with Gasteiger partial charge in [-0.2, -0.15) is 0 Å². The average Bonchev–Trinajstić information content (AvgIpc) is 2.74. The van der Waals surface area contributed by atoms with Crippen molar-refractivity contribution < 1.29 is 10.2 Å². The Hall–Kier alpha value is -1.96. The van der Waals surface area contributed by atoms with E-state index in [0.717, 1.165) is 41.5 Å². The Morgan fingerprint density at radius 1 is 0.500 bits per heavy atom. The Balaban J connectivity index is 3.13. The second-order valence-corrected chi connectivity index (χ2v) is 15.7. The number of benzene rings is 2. The number of phenols is 2. The molecule has 0 aliphatic carbocycles. The first kappa shape index (κ1) is 32.3. The van der Waals surface area contributed by atoms with Crippen LogP contribution in [0.3, 0.4) is 0 Å². The van der Waals surface area contributed by atoms with Gasteiger partial charge in [-0.15, -0.1) is 0 Å². The molecule has 0 aliphatic heterocycles. The zero-order valence-corrected chi connectivity index (χ0v) is 27.2. The Labute approximate surface area is 235 Å². The van der Waals surface area contributed by atoms with Gasteiger partial charge in [0.2, 0.25) is 0 Å². The summed E-state index contributed by atoms with van der Waals surface area (Å²) in [6.07, 6.45) is 5.48. The highest BCUT2D eigenvalue weighted by atomic mass is 16.3. The van der Waals surface area contributed by atoms with Crippen LogP contribution in [0.5, 0.6) is 11.5 Å². The van der Waals surface area contributed by atoms with E-state index in [-0.39, 0.29) is 27.1 Å². The van der Waals surface area contributed by atoms with Gasteiger partial charge in [0.1, 0.15) is 11.5 Å². The summed E-state index contributed by atoms with van der Waals surface area (Å²) < 4.78 is 0. The normalized spacial score (nSPS) is 13.7. The third-order valence-corrected chi connectivity index (χ3v) is 8.37. The van der Waals surface area contributed by atoms with E-state index < -0.39 is 0 Å². The lowest BCUT2D eigenvalue weighted by Crippen LogP contribution is -2.31. The number of unbranched alkanes of at least 4 members (excludes halogenated alkanes) is 2. The maximum absolute atomic E-state index is 11.5. The highest BCUT2D eigenvalue weighted by molar-refractivity contribution is 5.57. The average molecular weight is 523 g/mol. The number of hydrogen-bond acceptors (Lipinski definition) is 2. The van der Waals surface area contributed by atoms with Crippen LogP contribution in [0.4, 0.5) is 0 Å². The molecule has 2 nitrogen and oxygen atoms in total. The van der Waals surface area contributed by atoms with Crippen molar-refractivity contribution in [1.29, 1.82) is 0 Å². The van der Waals surface area contributed by atoms with Crippen molar-refractivity contribution in [3.63, 3.8) is 0 Å². The molecule has 0 bridgehead atoms. The zero-order chi connectivity index (χ0) is 29.5. The van der Waals surface area contributed by atoms with Crippen LogP contribution in [0.25, 0.3) is 0 Å². The van der Waals surface area contributed by atoms with Crippen LogP contribution in [0.2, 0.25) is 0 Å². The van der Waals surface area contributed by atoms with Crippen molar-refractivity contribution in [3.8, 4) is 11.5 Å². The lowest BCUT2D eigenvalue weighted by molar-refractivity contribution is 0.402. The first-order chi connectivity index (χ1) is 17.1. The zero-order valence-electron chi connectivity index (χ0n) is 27.2. The first-order valence-electron chi connectivity index (χ1n) is 14.9. The van der Waals surface area contributed by atoms with Crippen molar-refractivity contribution >= 4 is 0 Å². The molecule has 0 aliphatic rings. The molecule has 2 N–H and O–H groups in total. The molecule has 2 aromatic carbocycles. The highest BCUT2D eigenvalue weighted by Crippen LogP contribution is 2.50. The van der Waals surface area contributed by atoms with E-state index in [9.17, 15) is 10.2 Å². The second-order valence-electron chi connectivity index (χ2n) is 15.7. The van der Waals surface area contributed by atoms with Crippen LogP contribution in [0.15, 0.2) is 24.3 Å². The summed E-state index contributed by atoms with van der Waals surface area (Å²) in [7, 11) is 0. The lowest BCUT2D eigenvalue weighted by atomic mass is 9.64. The molecule has 0 spiro atoms. The van der Waals surface area contributed by atoms with Crippen LogP contribution < -0.4 is 0 Å². The fraction of sp³-hybridized carbons (Fsp3) is 0.667. The van der Waals surface area contributed by atoms with Gasteiger partial charge < -0.3 is 10.2 Å². The summed E-state index contributed by atoms with van der Waals surface area (Å²) in [4.78, 5) is 0. The molecule has 2 rings (SSSR count). The molecule has 38 heavy (non-hydrogen) atoms. The maximum atomic E-state index is 11.5. The fourth-order valence-electron chi connectivity index (χ4n) is 5.83. The minimum atomic E-state index is -0.226. The van der Waals surface area contributed by atoms with E-state index in [4.69, 9.17) is 0 Å². The fourth-order valence-corrected chi connectivity index (χ4v) is 5.83. The monoisotopic (exact) mass is 522 g/mol. The van der Waals surface area contributed by atoms with Gasteiger partial charge in [-0.1, -0.05) is 140 Å². The number of aromatic hydroxyl groups is 2. The van der Waals surface area contributed by atoms with Gasteiger partial charge in [-0.3, -0.25) is 0 Å². The molecular formula is C36H58O2. The Morgan fingerprint density at radius 2 is 0.789 bits per heavy atom. The molecular weight excluding hydrogens is 464 g/mol. The van der Waals surface area contributed by atoms with Gasteiger partial charge in [0.15, 0.2) is 0 Å². The molecule has 0 heterocycles. The molecule has 0 radical (unpaired) electrons. The van der Waals surface area contributed by atoms with Crippen LogP contribution in [0.1, 0.15) is 162 Å². The maximum Gasteiger partial charge on any atom is 0.123 e. The summed E-state index contributed by atoms with van der Waals surface area (Å²) in [5.74, 6) is 0.868. The minimum absolute atomic E-state index is 0.189. The largest absolute Gasteiger partial charge is 0.507 e. The predicted molar refractivity (Wildman–Crippen MR) is 166 cm³/mol. The SMILES string of the molecule is CCCCCC(CC)(c1cc(C(C)(C)C)c(O)c(C(C)(C)C)c1)c1cc(C(C)(C)C)c(O)c(C(C)(C)C)c1. The van der Waals surface area contributed by atoms with Crippen LogP contribution in [0, 0.1) is 0 Å². The predicted octanol–water partition coefficient (Wildman–Crippen LogP) is 10.6. The van der Waals surface area contributed by atoms with E-state index in [0.29, 0.717) is 11.5 Å². The van der Waals surface area contributed by atoms with Gasteiger partial charge in [0, 0.05) is 5.41 Å². The summed E-state index contributed by atoms with van der Waals surface area (Å²) in [5, 5.41) is 23.0. The van der Waals surface area contributed by atoms with E-state index in [1.807, 2.05) is 0 Å². The van der Waals surface area contributed by atoms with Gasteiger partial charge in [-0.05, 0) is 67.9 Å². The van der Waals surface area contributed by atoms with Gasteiger partial charge >= 0.3 is 0 Å². The molecule has 2 aromatic rings. The van der Waals surface area contributed by atoms with Crippen LogP contribution >= 0.6 is 0 Å². The Kier molecular flexibility index (Phi) is 9.25. The topological polar surface area (TPSA) is 40.5 Å². The smallest absolute Gasteiger partial charge is 0.123 e.